The molecule has 0 atom stereocenters. The summed E-state index contributed by atoms with van der Waals surface area (Å²) in [6, 6.07) is 8.38. The minimum absolute atomic E-state index is 0.565. The summed E-state index contributed by atoms with van der Waals surface area (Å²) in [7, 11) is 1.67. The normalized spacial score (nSPS) is 14.0. The summed E-state index contributed by atoms with van der Waals surface area (Å²) in [5.74, 6) is 0.652. The number of benzene rings is 1. The molecule has 0 saturated heterocycles. The van der Waals surface area contributed by atoms with Crippen molar-refractivity contribution in [3.8, 4) is 11.8 Å². The average molecular weight is 246 g/mol. The lowest BCUT2D eigenvalue weighted by Crippen LogP contribution is -2.04. The molecule has 1 aromatic rings. The van der Waals surface area contributed by atoms with E-state index in [9.17, 15) is 0 Å². The van der Waals surface area contributed by atoms with Gasteiger partial charge in [-0.2, -0.15) is 5.26 Å². The molecule has 1 aliphatic rings. The Balaban J connectivity index is 1.97. The van der Waals surface area contributed by atoms with Crippen LogP contribution in [0.2, 0.25) is 0 Å². The summed E-state index contributed by atoms with van der Waals surface area (Å²) >= 11 is 0. The summed E-state index contributed by atoms with van der Waals surface area (Å²) in [5, 5.41) is 12.4. The summed E-state index contributed by atoms with van der Waals surface area (Å²) in [4.78, 5) is 0. The fourth-order valence-electron chi connectivity index (χ4n) is 1.67. The van der Waals surface area contributed by atoms with Crippen molar-refractivity contribution < 1.29 is 9.47 Å². The van der Waals surface area contributed by atoms with Crippen molar-refractivity contribution in [2.75, 3.05) is 25.6 Å². The van der Waals surface area contributed by atoms with Crippen LogP contribution in [-0.4, -0.2) is 26.4 Å². The van der Waals surface area contributed by atoms with Crippen molar-refractivity contribution in [3.05, 3.63) is 23.8 Å². The predicted octanol–water partition coefficient (Wildman–Crippen LogP) is 2.55. The Labute approximate surface area is 108 Å². The van der Waals surface area contributed by atoms with Crippen molar-refractivity contribution in [1.29, 1.82) is 5.26 Å². The maximum atomic E-state index is 9.03. The molecule has 1 aromatic carbocycles. The first-order valence-electron chi connectivity index (χ1n) is 6.26. The van der Waals surface area contributed by atoms with Gasteiger partial charge in [-0.05, 0) is 25.0 Å². The highest BCUT2D eigenvalue weighted by atomic mass is 16.5. The number of hydrogen-bond acceptors (Lipinski definition) is 4. The van der Waals surface area contributed by atoms with Gasteiger partial charge in [0.1, 0.15) is 11.8 Å². The Morgan fingerprint density at radius 3 is 2.89 bits per heavy atom. The van der Waals surface area contributed by atoms with E-state index in [1.165, 1.54) is 12.8 Å². The van der Waals surface area contributed by atoms with E-state index in [0.717, 1.165) is 12.1 Å². The molecule has 0 unspecified atom stereocenters. The zero-order chi connectivity index (χ0) is 12.8. The Kier molecular flexibility index (Phi) is 4.43. The van der Waals surface area contributed by atoms with Crippen molar-refractivity contribution in [1.82, 2.24) is 0 Å². The van der Waals surface area contributed by atoms with Crippen molar-refractivity contribution in [3.63, 3.8) is 0 Å². The van der Waals surface area contributed by atoms with E-state index in [0.29, 0.717) is 30.6 Å². The van der Waals surface area contributed by atoms with Crippen molar-refractivity contribution in [2.45, 2.75) is 25.3 Å². The Bertz CT molecular complexity index is 436. The molecule has 0 spiro atoms. The summed E-state index contributed by atoms with van der Waals surface area (Å²) < 4.78 is 10.6. The molecule has 4 nitrogen and oxygen atoms in total. The SMILES string of the molecule is COCCCOc1cc(NC2CC2)ccc1C#N. The maximum Gasteiger partial charge on any atom is 0.139 e. The fourth-order valence-corrected chi connectivity index (χ4v) is 1.67. The van der Waals surface area contributed by atoms with Crippen LogP contribution >= 0.6 is 0 Å². The van der Waals surface area contributed by atoms with E-state index >= 15 is 0 Å². The highest BCUT2D eigenvalue weighted by molar-refractivity contribution is 5.56. The molecule has 4 heteroatoms. The first-order chi connectivity index (χ1) is 8.83. The molecule has 0 amide bonds. The molecule has 96 valence electrons. The smallest absolute Gasteiger partial charge is 0.139 e. The number of hydrogen-bond donors (Lipinski definition) is 1. The van der Waals surface area contributed by atoms with Crippen molar-refractivity contribution >= 4 is 5.69 Å². The zero-order valence-corrected chi connectivity index (χ0v) is 10.6. The van der Waals surface area contributed by atoms with Crippen LogP contribution in [0.25, 0.3) is 0 Å². The minimum Gasteiger partial charge on any atom is -0.492 e. The standard InChI is InChI=1S/C14H18N2O2/c1-17-7-2-8-18-14-9-13(16-12-5-6-12)4-3-11(14)10-15/h3-4,9,12,16H,2,5-8H2,1H3. The topological polar surface area (TPSA) is 54.3 Å². The van der Waals surface area contributed by atoms with Gasteiger partial charge in [0.15, 0.2) is 0 Å². The van der Waals surface area contributed by atoms with Gasteiger partial charge in [-0.15, -0.1) is 0 Å². The number of nitrogens with zero attached hydrogens (tertiary/aromatic N) is 1. The molecule has 0 aromatic heterocycles. The third-order valence-electron chi connectivity index (χ3n) is 2.80. The van der Waals surface area contributed by atoms with E-state index in [1.54, 1.807) is 13.2 Å². The van der Waals surface area contributed by atoms with Crippen LogP contribution in [0.4, 0.5) is 5.69 Å². The van der Waals surface area contributed by atoms with Gasteiger partial charge >= 0.3 is 0 Å². The van der Waals surface area contributed by atoms with Gasteiger partial charge in [-0.25, -0.2) is 0 Å². The molecule has 0 bridgehead atoms. The predicted molar refractivity (Wildman–Crippen MR) is 69.8 cm³/mol. The number of anilines is 1. The number of nitriles is 1. The molecule has 2 rings (SSSR count). The zero-order valence-electron chi connectivity index (χ0n) is 10.6. The number of methoxy groups -OCH3 is 1. The molecule has 0 aliphatic heterocycles. The molecule has 0 radical (unpaired) electrons. The lowest BCUT2D eigenvalue weighted by atomic mass is 10.2. The van der Waals surface area contributed by atoms with Gasteiger partial charge in [0, 0.05) is 37.9 Å². The first-order valence-corrected chi connectivity index (χ1v) is 6.26. The molecule has 1 fully saturated rings. The van der Waals surface area contributed by atoms with Crippen LogP contribution in [0.3, 0.4) is 0 Å². The van der Waals surface area contributed by atoms with Gasteiger partial charge < -0.3 is 14.8 Å². The minimum atomic E-state index is 0.565. The van der Waals surface area contributed by atoms with Gasteiger partial charge in [-0.3, -0.25) is 0 Å². The molecule has 1 N–H and O–H groups in total. The maximum absolute atomic E-state index is 9.03. The highest BCUT2D eigenvalue weighted by Gasteiger charge is 2.21. The van der Waals surface area contributed by atoms with Gasteiger partial charge in [0.25, 0.3) is 0 Å². The number of nitrogens with one attached hydrogen (secondary N) is 1. The van der Waals surface area contributed by atoms with E-state index < -0.39 is 0 Å². The Morgan fingerprint density at radius 2 is 2.22 bits per heavy atom. The largest absolute Gasteiger partial charge is 0.492 e. The monoisotopic (exact) mass is 246 g/mol. The second-order valence-electron chi connectivity index (χ2n) is 4.44. The van der Waals surface area contributed by atoms with Crippen LogP contribution in [0.1, 0.15) is 24.8 Å². The quantitative estimate of drug-likeness (QED) is 0.751. The van der Waals surface area contributed by atoms with Gasteiger partial charge in [-0.1, -0.05) is 0 Å². The summed E-state index contributed by atoms with van der Waals surface area (Å²) in [6.07, 6.45) is 3.27. The Morgan fingerprint density at radius 1 is 1.39 bits per heavy atom. The lowest BCUT2D eigenvalue weighted by Gasteiger charge is -2.10. The lowest BCUT2D eigenvalue weighted by molar-refractivity contribution is 0.172. The summed E-state index contributed by atoms with van der Waals surface area (Å²) in [5.41, 5.74) is 1.60. The van der Waals surface area contributed by atoms with Crippen LogP contribution in [0.5, 0.6) is 5.75 Å². The van der Waals surface area contributed by atoms with Crippen LogP contribution in [0.15, 0.2) is 18.2 Å². The molecule has 1 saturated carbocycles. The molecular formula is C14H18N2O2. The number of rotatable bonds is 7. The highest BCUT2D eigenvalue weighted by Crippen LogP contribution is 2.28. The van der Waals surface area contributed by atoms with E-state index in [1.807, 2.05) is 12.1 Å². The van der Waals surface area contributed by atoms with Gasteiger partial charge in [0.05, 0.1) is 12.2 Å². The van der Waals surface area contributed by atoms with Gasteiger partial charge in [0.2, 0.25) is 0 Å². The summed E-state index contributed by atoms with van der Waals surface area (Å²) in [6.45, 7) is 1.23. The van der Waals surface area contributed by atoms with E-state index in [-0.39, 0.29) is 0 Å². The second-order valence-corrected chi connectivity index (χ2v) is 4.44. The molecule has 0 heterocycles. The van der Waals surface area contributed by atoms with Crippen molar-refractivity contribution in [2.24, 2.45) is 0 Å². The van der Waals surface area contributed by atoms with Crippen LogP contribution < -0.4 is 10.1 Å². The fraction of sp³-hybridized carbons (Fsp3) is 0.500. The number of ether oxygens (including phenoxy) is 2. The second kappa shape index (κ2) is 6.27. The third kappa shape index (κ3) is 3.64. The van der Waals surface area contributed by atoms with E-state index in [4.69, 9.17) is 14.7 Å². The van der Waals surface area contributed by atoms with E-state index in [2.05, 4.69) is 11.4 Å². The Hall–Kier alpha value is -1.73. The first kappa shape index (κ1) is 12.7. The third-order valence-corrected chi connectivity index (χ3v) is 2.80. The van der Waals surface area contributed by atoms with Crippen LogP contribution in [0, 0.1) is 11.3 Å². The average Bonchev–Trinajstić information content (AvgIpc) is 3.19. The molecule has 18 heavy (non-hydrogen) atoms. The van der Waals surface area contributed by atoms with Crippen LogP contribution in [-0.2, 0) is 4.74 Å². The molecular weight excluding hydrogens is 228 g/mol. The molecule has 1 aliphatic carbocycles.